The summed E-state index contributed by atoms with van der Waals surface area (Å²) in [5, 5.41) is 15.4. The van der Waals surface area contributed by atoms with Crippen LogP contribution in [0.2, 0.25) is 0 Å². The average Bonchev–Trinajstić information content (AvgIpc) is 3.92. The average molecular weight is 967 g/mol. The van der Waals surface area contributed by atoms with Gasteiger partial charge >= 0.3 is 31.6 Å². The van der Waals surface area contributed by atoms with Gasteiger partial charge in [-0.1, -0.05) is 76.4 Å². The molecule has 0 N–H and O–H groups in total. The smallest absolute Gasteiger partial charge is 0.753 e. The van der Waals surface area contributed by atoms with Gasteiger partial charge in [0.05, 0.1) is 35.4 Å². The molecule has 0 spiro atoms. The topological polar surface area (TPSA) is 127 Å². The number of aromatic nitrogens is 6. The van der Waals surface area contributed by atoms with Crippen molar-refractivity contribution in [2.75, 3.05) is 7.11 Å². The summed E-state index contributed by atoms with van der Waals surface area (Å²) in [4.78, 5) is 32.0. The van der Waals surface area contributed by atoms with Crippen LogP contribution in [0.25, 0.3) is 51.7 Å². The Bertz CT molecular complexity index is 2390. The molecule has 0 bridgehead atoms. The molecule has 0 saturated carbocycles. The molecule has 15 heteroatoms. The van der Waals surface area contributed by atoms with Gasteiger partial charge in [0.1, 0.15) is 5.69 Å². The Morgan fingerprint density at radius 1 is 0.790 bits per heavy atom. The summed E-state index contributed by atoms with van der Waals surface area (Å²) in [5.41, 5.74) is 7.29. The van der Waals surface area contributed by atoms with Crippen LogP contribution in [0.3, 0.4) is 0 Å². The van der Waals surface area contributed by atoms with Crippen molar-refractivity contribution in [3.63, 3.8) is 0 Å². The monoisotopic (exact) mass is 967 g/mol. The quantitative estimate of drug-likeness (QED) is 0.0306. The van der Waals surface area contributed by atoms with Crippen LogP contribution in [0.15, 0.2) is 79.3 Å². The normalized spacial score (nSPS) is 10.8. The summed E-state index contributed by atoms with van der Waals surface area (Å²) >= 11 is 5.56. The van der Waals surface area contributed by atoms with E-state index in [0.29, 0.717) is 22.6 Å². The first kappa shape index (κ1) is 51.3. The van der Waals surface area contributed by atoms with Crippen LogP contribution in [-0.2, 0) is 43.2 Å². The number of halogens is 3. The predicted octanol–water partition coefficient (Wildman–Crippen LogP) is 12.9. The predicted molar refractivity (Wildman–Crippen MR) is 242 cm³/mol. The van der Waals surface area contributed by atoms with Gasteiger partial charge in [0.15, 0.2) is 0 Å². The first-order valence-electron chi connectivity index (χ1n) is 20.2. The number of thiophene rings is 1. The number of ether oxygens (including phenoxy) is 1. The molecule has 0 saturated heterocycles. The van der Waals surface area contributed by atoms with E-state index in [9.17, 15) is 18.0 Å². The van der Waals surface area contributed by atoms with E-state index in [4.69, 9.17) is 10.1 Å². The number of nitrogens with zero attached hydrogens (tertiary/aromatic N) is 7. The molecular formula is C47H50F3N7O2RuS2. The van der Waals surface area contributed by atoms with E-state index >= 15 is 0 Å². The molecule has 0 amide bonds. The number of carbonyl (C=O) groups excluding carboxylic acids is 1. The molecular weight excluding hydrogens is 917 g/mol. The number of unbranched alkanes of at least 4 members (excludes halogenated alkanes) is 6. The van der Waals surface area contributed by atoms with Crippen LogP contribution in [0.4, 0.5) is 13.2 Å². The van der Waals surface area contributed by atoms with Gasteiger partial charge in [0, 0.05) is 34.0 Å². The zero-order valence-corrected chi connectivity index (χ0v) is 38.9. The number of hydrogen-bond donors (Lipinski definition) is 0. The Labute approximate surface area is 384 Å². The second-order valence-corrected chi connectivity index (χ2v) is 15.6. The van der Waals surface area contributed by atoms with Gasteiger partial charge in [-0.3, -0.25) is 15.0 Å². The first-order valence-corrected chi connectivity index (χ1v) is 21.4. The second kappa shape index (κ2) is 26.4. The summed E-state index contributed by atoms with van der Waals surface area (Å²) in [6.07, 6.45) is 16.7. The van der Waals surface area contributed by atoms with Crippen LogP contribution < -0.4 is 5.10 Å². The molecule has 0 unspecified atom stereocenters. The van der Waals surface area contributed by atoms with Crippen molar-refractivity contribution in [1.82, 2.24) is 30.1 Å². The molecule has 326 valence electrons. The third kappa shape index (κ3) is 16.3. The van der Waals surface area contributed by atoms with Gasteiger partial charge < -0.3 is 20.3 Å². The molecule has 0 aliphatic carbocycles. The van der Waals surface area contributed by atoms with Gasteiger partial charge in [-0.05, 0) is 129 Å². The van der Waals surface area contributed by atoms with Crippen molar-refractivity contribution in [2.24, 2.45) is 0 Å². The number of methoxy groups -OCH3 is 1. The largest absolute Gasteiger partial charge is 2.00 e. The van der Waals surface area contributed by atoms with E-state index in [-0.39, 0.29) is 25.2 Å². The molecule has 9 nitrogen and oxygen atoms in total. The van der Waals surface area contributed by atoms with E-state index in [1.165, 1.54) is 79.0 Å². The Hall–Kier alpha value is -5.07. The summed E-state index contributed by atoms with van der Waals surface area (Å²) < 4.78 is 43.3. The first-order chi connectivity index (χ1) is 29.4. The van der Waals surface area contributed by atoms with E-state index in [1.54, 1.807) is 36.8 Å². The Morgan fingerprint density at radius 2 is 1.39 bits per heavy atom. The van der Waals surface area contributed by atoms with Crippen molar-refractivity contribution in [3.05, 3.63) is 128 Å². The van der Waals surface area contributed by atoms with Crippen molar-refractivity contribution < 1.29 is 42.2 Å². The number of hydrogen-bond acceptors (Lipinski definition) is 9. The van der Waals surface area contributed by atoms with Crippen LogP contribution in [0, 0.1) is 13.8 Å². The molecule has 0 aliphatic heterocycles. The Kier molecular flexibility index (Phi) is 21.9. The zero-order chi connectivity index (χ0) is 44.2. The van der Waals surface area contributed by atoms with Gasteiger partial charge in [-0.25, -0.2) is 9.78 Å². The SMILES string of the molecule is CCCCCCc1cc(CCCCCC)c(/C=C/c2ccnc(-c3cc(C(F)(F)F)n[n-]3)c2)s1.COC(=O)c1ccnc(-c2cc(C)cc(-c3cc(C)ccn3)n2)c1.[N-]=C=S.[Ru+2]. The van der Waals surface area contributed by atoms with Crippen LogP contribution in [-0.4, -0.2) is 43.3 Å². The number of aryl methyl sites for hydroxylation is 4. The minimum atomic E-state index is -4.51. The van der Waals surface area contributed by atoms with Crippen LogP contribution in [0.5, 0.6) is 0 Å². The number of rotatable bonds is 16. The van der Waals surface area contributed by atoms with Gasteiger partial charge in [0.25, 0.3) is 0 Å². The maximum atomic E-state index is 12.9. The number of pyridine rings is 4. The molecule has 6 aromatic rings. The fourth-order valence-corrected chi connectivity index (χ4v) is 7.43. The molecule has 62 heavy (non-hydrogen) atoms. The molecule has 0 fully saturated rings. The van der Waals surface area contributed by atoms with Crippen molar-refractivity contribution in [3.8, 4) is 34.2 Å². The number of carbonyl (C=O) groups is 1. The van der Waals surface area contributed by atoms with Crippen molar-refractivity contribution in [2.45, 2.75) is 98.1 Å². The third-order valence-electron chi connectivity index (χ3n) is 9.36. The number of esters is 1. The minimum absolute atomic E-state index is 0. The van der Waals surface area contributed by atoms with E-state index in [2.05, 4.69) is 68.3 Å². The molecule has 0 radical (unpaired) electrons. The van der Waals surface area contributed by atoms with Gasteiger partial charge in [0.2, 0.25) is 0 Å². The summed E-state index contributed by atoms with van der Waals surface area (Å²) in [5.74, 6) is -0.396. The van der Waals surface area contributed by atoms with Crippen molar-refractivity contribution >= 4 is 46.8 Å². The summed E-state index contributed by atoms with van der Waals surface area (Å²) in [6, 6.07) is 18.1. The molecule has 0 aliphatic rings. The standard InChI is InChI=1S/C27H33F3N3S.C19H17N3O2.CNS.Ru/c1-3-5-7-9-11-21-18-22(12-10-8-6-4-2)34-25(21)14-13-20-15-16-31-23(17-20)24-19-26(33-32-24)27(28,29)30;1-12-4-6-20-15(8-12)17-9-13(2)10-18(22-17)16-11-14(5-7-21-16)19(23)24-3;2-1-3;/h13-19H,3-12H2,1-2H3;4-11H,1-3H3;;/q-1;;-1;+2/b14-13+;;;. The van der Waals surface area contributed by atoms with E-state index < -0.39 is 17.8 Å². The summed E-state index contributed by atoms with van der Waals surface area (Å²) in [6.45, 7) is 8.46. The fourth-order valence-electron chi connectivity index (χ4n) is 6.27. The van der Waals surface area contributed by atoms with Crippen molar-refractivity contribution in [1.29, 1.82) is 0 Å². The minimum Gasteiger partial charge on any atom is -0.753 e. The molecule has 0 aromatic carbocycles. The van der Waals surface area contributed by atoms with E-state index in [0.717, 1.165) is 47.0 Å². The van der Waals surface area contributed by atoms with Crippen LogP contribution >= 0.6 is 23.6 Å². The summed E-state index contributed by atoms with van der Waals surface area (Å²) in [7, 11) is 1.36. The number of isothiocyanates is 1. The Balaban J connectivity index is 0.000000321. The molecule has 6 heterocycles. The Morgan fingerprint density at radius 3 is 2.00 bits per heavy atom. The third-order valence-corrected chi connectivity index (χ3v) is 10.6. The second-order valence-electron chi connectivity index (χ2n) is 14.3. The fraction of sp³-hybridized carbons (Fsp3) is 0.340. The van der Waals surface area contributed by atoms with E-state index in [1.807, 2.05) is 61.6 Å². The molecule has 0 atom stereocenters. The van der Waals surface area contributed by atoms with Crippen LogP contribution in [0.1, 0.15) is 113 Å². The van der Waals surface area contributed by atoms with Gasteiger partial charge in [-0.15, -0.1) is 11.3 Å². The molecule has 6 aromatic heterocycles. The molecule has 6 rings (SSSR count). The number of thiocarbonyl (C=S) groups is 1. The van der Waals surface area contributed by atoms with Gasteiger partial charge in [-0.2, -0.15) is 18.3 Å². The number of alkyl halides is 3. The maximum absolute atomic E-state index is 12.9. The maximum Gasteiger partial charge on any atom is 2.00 e. The zero-order valence-electron chi connectivity index (χ0n) is 35.5.